The Balaban J connectivity index is 1.37. The van der Waals surface area contributed by atoms with Crippen LogP contribution in [-0.2, 0) is 22.5 Å². The number of anilines is 6. The fourth-order valence-corrected chi connectivity index (χ4v) is 5.34. The molecule has 5 rings (SSSR count). The summed E-state index contributed by atoms with van der Waals surface area (Å²) in [5.74, 6) is 1.71. The SMILES string of the molecule is Cc1ccc(Nc2nccc(N(C)c3ccc4c(c3)nc(Nc3ccc(C(C)(C)C)cc3)n4C)n2)cc1S(N)(=O)=O. The minimum absolute atomic E-state index is 0.0511. The summed E-state index contributed by atoms with van der Waals surface area (Å²) in [6, 6.07) is 21.2. The molecule has 0 fully saturated rings. The van der Waals surface area contributed by atoms with E-state index in [-0.39, 0.29) is 10.3 Å². The number of primary sulfonamides is 1. The van der Waals surface area contributed by atoms with Crippen LogP contribution in [0, 0.1) is 6.92 Å². The van der Waals surface area contributed by atoms with Gasteiger partial charge in [0, 0.05) is 37.4 Å². The van der Waals surface area contributed by atoms with Crippen molar-refractivity contribution in [2.45, 2.75) is 38.0 Å². The first-order valence-corrected chi connectivity index (χ1v) is 14.7. The molecule has 0 spiro atoms. The maximum absolute atomic E-state index is 11.9. The van der Waals surface area contributed by atoms with E-state index < -0.39 is 10.0 Å². The quantitative estimate of drug-likeness (QED) is 0.221. The minimum Gasteiger partial charge on any atom is -0.329 e. The molecule has 11 heteroatoms. The van der Waals surface area contributed by atoms with E-state index in [1.54, 1.807) is 31.3 Å². The predicted octanol–water partition coefficient (Wildman–Crippen LogP) is 5.87. The molecule has 0 saturated heterocycles. The van der Waals surface area contributed by atoms with Gasteiger partial charge in [-0.2, -0.15) is 4.98 Å². The molecule has 0 radical (unpaired) electrons. The monoisotopic (exact) mass is 570 g/mol. The number of benzene rings is 3. The van der Waals surface area contributed by atoms with E-state index in [9.17, 15) is 8.42 Å². The van der Waals surface area contributed by atoms with Gasteiger partial charge in [0.1, 0.15) is 5.82 Å². The summed E-state index contributed by atoms with van der Waals surface area (Å²) in [4.78, 5) is 15.8. The molecule has 0 aliphatic heterocycles. The highest BCUT2D eigenvalue weighted by molar-refractivity contribution is 7.89. The van der Waals surface area contributed by atoms with Crippen molar-refractivity contribution >= 4 is 55.8 Å². The number of aromatic nitrogens is 4. The third-order valence-corrected chi connectivity index (χ3v) is 8.05. The molecule has 0 saturated carbocycles. The number of aryl methyl sites for hydroxylation is 2. The molecule has 212 valence electrons. The molecule has 0 aliphatic rings. The van der Waals surface area contributed by atoms with Crippen molar-refractivity contribution in [2.24, 2.45) is 12.2 Å². The lowest BCUT2D eigenvalue weighted by Crippen LogP contribution is -2.14. The molecule has 0 unspecified atom stereocenters. The largest absolute Gasteiger partial charge is 0.329 e. The highest BCUT2D eigenvalue weighted by Crippen LogP contribution is 2.30. The number of hydrogen-bond acceptors (Lipinski definition) is 8. The molecule has 3 aromatic carbocycles. The summed E-state index contributed by atoms with van der Waals surface area (Å²) in [7, 11) is 0.0477. The third kappa shape index (κ3) is 6.01. The van der Waals surface area contributed by atoms with Crippen LogP contribution in [0.4, 0.5) is 34.8 Å². The predicted molar refractivity (Wildman–Crippen MR) is 165 cm³/mol. The van der Waals surface area contributed by atoms with Crippen molar-refractivity contribution < 1.29 is 8.42 Å². The lowest BCUT2D eigenvalue weighted by molar-refractivity contribution is 0.590. The van der Waals surface area contributed by atoms with E-state index in [0.717, 1.165) is 28.4 Å². The fourth-order valence-electron chi connectivity index (χ4n) is 4.53. The topological polar surface area (TPSA) is 131 Å². The molecule has 10 nitrogen and oxygen atoms in total. The first-order chi connectivity index (χ1) is 19.3. The molecule has 0 amide bonds. The van der Waals surface area contributed by atoms with Gasteiger partial charge in [-0.3, -0.25) is 0 Å². The Kier molecular flexibility index (Phi) is 7.18. The number of rotatable bonds is 7. The average molecular weight is 571 g/mol. The first-order valence-electron chi connectivity index (χ1n) is 13.1. The van der Waals surface area contributed by atoms with Gasteiger partial charge in [0.15, 0.2) is 0 Å². The summed E-state index contributed by atoms with van der Waals surface area (Å²) in [6.07, 6.45) is 1.64. The van der Waals surface area contributed by atoms with Crippen LogP contribution in [-0.4, -0.2) is 35.0 Å². The summed E-state index contributed by atoms with van der Waals surface area (Å²) >= 11 is 0. The maximum atomic E-state index is 11.9. The van der Waals surface area contributed by atoms with Gasteiger partial charge in [-0.1, -0.05) is 39.0 Å². The van der Waals surface area contributed by atoms with Crippen LogP contribution in [0.25, 0.3) is 11.0 Å². The first kappa shape index (κ1) is 28.1. The maximum Gasteiger partial charge on any atom is 0.238 e. The lowest BCUT2D eigenvalue weighted by atomic mass is 9.87. The Morgan fingerprint density at radius 2 is 1.61 bits per heavy atom. The minimum atomic E-state index is -3.85. The molecule has 4 N–H and O–H groups in total. The second-order valence-electron chi connectivity index (χ2n) is 11.1. The van der Waals surface area contributed by atoms with E-state index >= 15 is 0 Å². The van der Waals surface area contributed by atoms with E-state index in [1.165, 1.54) is 11.6 Å². The van der Waals surface area contributed by atoms with Crippen molar-refractivity contribution in [1.29, 1.82) is 0 Å². The summed E-state index contributed by atoms with van der Waals surface area (Å²) in [6.45, 7) is 8.29. The fraction of sp³-hybridized carbons (Fsp3) is 0.233. The number of imidazole rings is 1. The molecule has 41 heavy (non-hydrogen) atoms. The van der Waals surface area contributed by atoms with Crippen LogP contribution in [0.3, 0.4) is 0 Å². The lowest BCUT2D eigenvalue weighted by Gasteiger charge is -2.19. The van der Waals surface area contributed by atoms with Crippen LogP contribution < -0.4 is 20.7 Å². The highest BCUT2D eigenvalue weighted by atomic mass is 32.2. The van der Waals surface area contributed by atoms with Gasteiger partial charge >= 0.3 is 0 Å². The Hall–Kier alpha value is -4.48. The zero-order valence-corrected chi connectivity index (χ0v) is 24.8. The normalized spacial score (nSPS) is 12.0. The molecule has 0 atom stereocenters. The molecule has 0 aliphatic carbocycles. The standard InChI is InChI=1S/C30H34N8O2S/c1-19-7-10-22(17-26(19)41(31,39)40)33-28-32-16-15-27(36-28)37(5)23-13-14-25-24(18-23)35-29(38(25)6)34-21-11-8-20(9-12-21)30(2,3)4/h7-18H,1-6H3,(H,34,35)(H2,31,39,40)(H,32,33,36). The number of fused-ring (bicyclic) bond motifs is 1. The smallest absolute Gasteiger partial charge is 0.238 e. The van der Waals surface area contributed by atoms with Crippen molar-refractivity contribution in [1.82, 2.24) is 19.5 Å². The Bertz CT molecular complexity index is 1840. The van der Waals surface area contributed by atoms with Gasteiger partial charge < -0.3 is 20.1 Å². The summed E-state index contributed by atoms with van der Waals surface area (Å²) < 4.78 is 25.9. The van der Waals surface area contributed by atoms with E-state index in [4.69, 9.17) is 10.1 Å². The van der Waals surface area contributed by atoms with Gasteiger partial charge in [0.2, 0.25) is 21.9 Å². The Labute approximate surface area is 240 Å². The zero-order chi connectivity index (χ0) is 29.5. The zero-order valence-electron chi connectivity index (χ0n) is 24.0. The van der Waals surface area contributed by atoms with E-state index in [1.807, 2.05) is 41.8 Å². The average Bonchev–Trinajstić information content (AvgIpc) is 3.22. The third-order valence-electron chi connectivity index (χ3n) is 6.99. The van der Waals surface area contributed by atoms with Gasteiger partial charge in [0.05, 0.1) is 15.9 Å². The van der Waals surface area contributed by atoms with E-state index in [2.05, 4.69) is 65.6 Å². The van der Waals surface area contributed by atoms with Crippen LogP contribution in [0.15, 0.2) is 77.8 Å². The Morgan fingerprint density at radius 1 is 0.902 bits per heavy atom. The van der Waals surface area contributed by atoms with E-state index in [0.29, 0.717) is 23.0 Å². The number of nitrogens with one attached hydrogen (secondary N) is 2. The van der Waals surface area contributed by atoms with Gasteiger partial charge in [-0.15, -0.1) is 0 Å². The number of nitrogens with zero attached hydrogens (tertiary/aromatic N) is 5. The summed E-state index contributed by atoms with van der Waals surface area (Å²) in [5, 5.41) is 11.9. The molecule has 5 aromatic rings. The number of hydrogen-bond donors (Lipinski definition) is 3. The molecular weight excluding hydrogens is 536 g/mol. The van der Waals surface area contributed by atoms with Crippen LogP contribution >= 0.6 is 0 Å². The Morgan fingerprint density at radius 3 is 2.29 bits per heavy atom. The highest BCUT2D eigenvalue weighted by Gasteiger charge is 2.16. The number of nitrogens with two attached hydrogens (primary N) is 1. The van der Waals surface area contributed by atoms with Gasteiger partial charge in [-0.25, -0.2) is 23.5 Å². The van der Waals surface area contributed by atoms with Crippen molar-refractivity contribution in [3.05, 3.63) is 84.1 Å². The molecule has 0 bridgehead atoms. The second-order valence-corrected chi connectivity index (χ2v) is 12.6. The summed E-state index contributed by atoms with van der Waals surface area (Å²) in [5.41, 5.74) is 6.15. The molecule has 2 aromatic heterocycles. The van der Waals surface area contributed by atoms with Crippen molar-refractivity contribution in [3.8, 4) is 0 Å². The molecular formula is C30H34N8O2S. The second kappa shape index (κ2) is 10.5. The van der Waals surface area contributed by atoms with Crippen LogP contribution in [0.1, 0.15) is 31.9 Å². The van der Waals surface area contributed by atoms with Crippen LogP contribution in [0.2, 0.25) is 0 Å². The number of sulfonamides is 1. The van der Waals surface area contributed by atoms with Gasteiger partial charge in [0.25, 0.3) is 0 Å². The molecule has 2 heterocycles. The van der Waals surface area contributed by atoms with Gasteiger partial charge in [-0.05, 0) is 72.0 Å². The van der Waals surface area contributed by atoms with Crippen molar-refractivity contribution in [2.75, 3.05) is 22.6 Å². The van der Waals surface area contributed by atoms with Crippen LogP contribution in [0.5, 0.6) is 0 Å². The van der Waals surface area contributed by atoms with Crippen molar-refractivity contribution in [3.63, 3.8) is 0 Å².